The summed E-state index contributed by atoms with van der Waals surface area (Å²) in [4.78, 5) is 0. The van der Waals surface area contributed by atoms with Crippen molar-refractivity contribution >= 4 is 0 Å². The summed E-state index contributed by atoms with van der Waals surface area (Å²) in [7, 11) is 0. The molecule has 0 aromatic carbocycles. The molecule has 1 N–H and O–H groups in total. The van der Waals surface area contributed by atoms with Gasteiger partial charge in [-0.2, -0.15) is 0 Å². The molecule has 0 bridgehead atoms. The fourth-order valence-corrected chi connectivity index (χ4v) is 2.25. The highest BCUT2D eigenvalue weighted by molar-refractivity contribution is 5.03. The zero-order valence-electron chi connectivity index (χ0n) is 8.67. The van der Waals surface area contributed by atoms with Gasteiger partial charge in [0.05, 0.1) is 19.8 Å². The van der Waals surface area contributed by atoms with E-state index in [-0.39, 0.29) is 5.60 Å². The first kappa shape index (κ1) is 9.44. The van der Waals surface area contributed by atoms with Crippen molar-refractivity contribution in [3.05, 3.63) is 0 Å². The Morgan fingerprint density at radius 3 is 2.54 bits per heavy atom. The molecule has 2 atom stereocenters. The molecular formula is C10H19NO2. The second-order valence-electron chi connectivity index (χ2n) is 4.66. The molecule has 0 aliphatic carbocycles. The highest BCUT2D eigenvalue weighted by Gasteiger charge is 2.50. The number of rotatable bonds is 1. The zero-order chi connectivity index (χ0) is 9.47. The van der Waals surface area contributed by atoms with E-state index in [1.165, 1.54) is 0 Å². The van der Waals surface area contributed by atoms with Crippen LogP contribution in [0.15, 0.2) is 0 Å². The van der Waals surface area contributed by atoms with Gasteiger partial charge in [0, 0.05) is 12.1 Å². The molecular weight excluding hydrogens is 166 g/mol. The predicted molar refractivity (Wildman–Crippen MR) is 50.7 cm³/mol. The molecule has 2 aliphatic heterocycles. The molecule has 2 saturated heterocycles. The second kappa shape index (κ2) is 3.23. The maximum Gasteiger partial charge on any atom is 0.130 e. The molecule has 0 saturated carbocycles. The van der Waals surface area contributed by atoms with Crippen molar-refractivity contribution in [2.24, 2.45) is 5.92 Å². The number of hydrogen-bond donors (Lipinski definition) is 1. The molecule has 1 unspecified atom stereocenters. The van der Waals surface area contributed by atoms with Gasteiger partial charge in [0.2, 0.25) is 0 Å². The van der Waals surface area contributed by atoms with Crippen LogP contribution in [0.4, 0.5) is 0 Å². The van der Waals surface area contributed by atoms with E-state index in [0.29, 0.717) is 18.0 Å². The predicted octanol–water partition coefficient (Wildman–Crippen LogP) is 0.788. The van der Waals surface area contributed by atoms with Crippen molar-refractivity contribution in [2.75, 3.05) is 19.8 Å². The summed E-state index contributed by atoms with van der Waals surface area (Å²) >= 11 is 0. The van der Waals surface area contributed by atoms with Gasteiger partial charge < -0.3 is 14.8 Å². The second-order valence-corrected chi connectivity index (χ2v) is 4.66. The van der Waals surface area contributed by atoms with Crippen LogP contribution in [0.3, 0.4) is 0 Å². The fourth-order valence-electron chi connectivity index (χ4n) is 2.25. The van der Waals surface area contributed by atoms with Gasteiger partial charge in [0.25, 0.3) is 0 Å². The van der Waals surface area contributed by atoms with Crippen LogP contribution in [0.2, 0.25) is 0 Å². The van der Waals surface area contributed by atoms with E-state index in [2.05, 4.69) is 26.1 Å². The van der Waals surface area contributed by atoms with Crippen LogP contribution in [0.25, 0.3) is 0 Å². The maximum atomic E-state index is 5.90. The molecule has 76 valence electrons. The molecule has 0 aromatic rings. The molecule has 3 heteroatoms. The van der Waals surface area contributed by atoms with Gasteiger partial charge in [-0.1, -0.05) is 13.8 Å². The Labute approximate surface area is 79.8 Å². The molecule has 2 heterocycles. The van der Waals surface area contributed by atoms with Crippen LogP contribution in [0.5, 0.6) is 0 Å². The van der Waals surface area contributed by atoms with Crippen LogP contribution < -0.4 is 5.32 Å². The van der Waals surface area contributed by atoms with Gasteiger partial charge in [0.15, 0.2) is 0 Å². The third kappa shape index (κ3) is 1.49. The minimum Gasteiger partial charge on any atom is -0.375 e. The molecule has 3 nitrogen and oxygen atoms in total. The first-order chi connectivity index (χ1) is 6.14. The van der Waals surface area contributed by atoms with Crippen molar-refractivity contribution in [1.82, 2.24) is 5.32 Å². The smallest absolute Gasteiger partial charge is 0.130 e. The molecule has 2 fully saturated rings. The number of morpholine rings is 1. The molecule has 0 aromatic heterocycles. The van der Waals surface area contributed by atoms with E-state index < -0.39 is 0 Å². The monoisotopic (exact) mass is 185 g/mol. The Morgan fingerprint density at radius 1 is 1.38 bits per heavy atom. The average molecular weight is 185 g/mol. The van der Waals surface area contributed by atoms with E-state index >= 15 is 0 Å². The molecule has 1 spiro atoms. The highest BCUT2D eigenvalue weighted by Crippen LogP contribution is 2.32. The summed E-state index contributed by atoms with van der Waals surface area (Å²) in [5.41, 5.74) is -0.0132. The summed E-state index contributed by atoms with van der Waals surface area (Å²) in [5.74, 6) is 0.603. The number of hydrogen-bond acceptors (Lipinski definition) is 3. The lowest BCUT2D eigenvalue weighted by Gasteiger charge is -2.52. The summed E-state index contributed by atoms with van der Waals surface area (Å²) in [6, 6.07) is 0.920. The molecule has 0 amide bonds. The van der Waals surface area contributed by atoms with E-state index in [0.717, 1.165) is 19.8 Å². The standard InChI is InChI=1S/C10H19NO2/c1-7(2)9-10(5-12-6-10)13-4-8(3)11-9/h7-9,11H,4-6H2,1-3H3/t8?,9-/m0/s1. The van der Waals surface area contributed by atoms with E-state index in [1.54, 1.807) is 0 Å². The van der Waals surface area contributed by atoms with Crippen LogP contribution in [0.1, 0.15) is 20.8 Å². The van der Waals surface area contributed by atoms with Gasteiger partial charge in [-0.25, -0.2) is 0 Å². The lowest BCUT2D eigenvalue weighted by Crippen LogP contribution is -2.71. The van der Waals surface area contributed by atoms with Crippen molar-refractivity contribution in [3.63, 3.8) is 0 Å². The minimum absolute atomic E-state index is 0.0132. The topological polar surface area (TPSA) is 30.5 Å². The molecule has 2 aliphatic rings. The average Bonchev–Trinajstić information content (AvgIpc) is 2.01. The lowest BCUT2D eigenvalue weighted by atomic mass is 9.82. The normalized spacial score (nSPS) is 37.8. The molecule has 2 rings (SSSR count). The van der Waals surface area contributed by atoms with Crippen LogP contribution in [0, 0.1) is 5.92 Å². The first-order valence-electron chi connectivity index (χ1n) is 5.12. The Morgan fingerprint density at radius 2 is 2.08 bits per heavy atom. The van der Waals surface area contributed by atoms with Crippen LogP contribution >= 0.6 is 0 Å². The summed E-state index contributed by atoms with van der Waals surface area (Å²) < 4.78 is 11.2. The van der Waals surface area contributed by atoms with Crippen molar-refractivity contribution in [3.8, 4) is 0 Å². The van der Waals surface area contributed by atoms with Crippen LogP contribution in [-0.4, -0.2) is 37.5 Å². The van der Waals surface area contributed by atoms with Crippen molar-refractivity contribution < 1.29 is 9.47 Å². The van der Waals surface area contributed by atoms with E-state index in [1.807, 2.05) is 0 Å². The van der Waals surface area contributed by atoms with Gasteiger partial charge >= 0.3 is 0 Å². The number of nitrogens with one attached hydrogen (secondary N) is 1. The lowest BCUT2D eigenvalue weighted by molar-refractivity contribution is -0.249. The van der Waals surface area contributed by atoms with Crippen molar-refractivity contribution in [1.29, 1.82) is 0 Å². The third-order valence-electron chi connectivity index (χ3n) is 3.01. The van der Waals surface area contributed by atoms with Crippen molar-refractivity contribution in [2.45, 2.75) is 38.5 Å². The van der Waals surface area contributed by atoms with Gasteiger partial charge in [-0.3, -0.25) is 0 Å². The van der Waals surface area contributed by atoms with Crippen LogP contribution in [-0.2, 0) is 9.47 Å². The molecule has 0 radical (unpaired) electrons. The third-order valence-corrected chi connectivity index (χ3v) is 3.01. The van der Waals surface area contributed by atoms with Gasteiger partial charge in [-0.15, -0.1) is 0 Å². The van der Waals surface area contributed by atoms with E-state index in [4.69, 9.17) is 9.47 Å². The highest BCUT2D eigenvalue weighted by atomic mass is 16.6. The maximum absolute atomic E-state index is 5.90. The van der Waals surface area contributed by atoms with Gasteiger partial charge in [-0.05, 0) is 12.8 Å². The SMILES string of the molecule is CC1COC2(COC2)[C@H](C(C)C)N1. The summed E-state index contributed by atoms with van der Waals surface area (Å²) in [5, 5.41) is 3.60. The Balaban J connectivity index is 2.08. The quantitative estimate of drug-likeness (QED) is 0.655. The summed E-state index contributed by atoms with van der Waals surface area (Å²) in [6.45, 7) is 8.97. The molecule has 13 heavy (non-hydrogen) atoms. The largest absolute Gasteiger partial charge is 0.375 e. The Kier molecular flexibility index (Phi) is 2.34. The summed E-state index contributed by atoms with van der Waals surface area (Å²) in [6.07, 6.45) is 0. The number of ether oxygens (including phenoxy) is 2. The van der Waals surface area contributed by atoms with E-state index in [9.17, 15) is 0 Å². The first-order valence-corrected chi connectivity index (χ1v) is 5.12. The Hall–Kier alpha value is -0.120. The zero-order valence-corrected chi connectivity index (χ0v) is 8.67. The van der Waals surface area contributed by atoms with Gasteiger partial charge in [0.1, 0.15) is 5.60 Å². The minimum atomic E-state index is -0.0132. The Bertz CT molecular complexity index is 189. The fraction of sp³-hybridized carbons (Fsp3) is 1.00.